The second-order valence-corrected chi connectivity index (χ2v) is 3.74. The van der Waals surface area contributed by atoms with E-state index in [9.17, 15) is 9.59 Å². The monoisotopic (exact) mass is 218 g/mol. The Morgan fingerprint density at radius 1 is 1.38 bits per heavy atom. The number of aryl methyl sites for hydroxylation is 1. The van der Waals surface area contributed by atoms with Gasteiger partial charge < -0.3 is 5.11 Å². The van der Waals surface area contributed by atoms with Gasteiger partial charge in [0.25, 0.3) is 0 Å². The van der Waals surface area contributed by atoms with Gasteiger partial charge in [-0.1, -0.05) is 18.2 Å². The van der Waals surface area contributed by atoms with Crippen LogP contribution in [0.1, 0.15) is 23.6 Å². The minimum Gasteiger partial charge on any atom is -0.478 e. The molecular weight excluding hydrogens is 204 g/mol. The molecule has 16 heavy (non-hydrogen) atoms. The Bertz CT molecular complexity index is 444. The molecule has 0 heterocycles. The fraction of sp³-hybridized carbons (Fsp3) is 0.231. The molecule has 0 atom stereocenters. The van der Waals surface area contributed by atoms with Crippen molar-refractivity contribution in [3.05, 3.63) is 41.0 Å². The van der Waals surface area contributed by atoms with E-state index in [-0.39, 0.29) is 5.78 Å². The van der Waals surface area contributed by atoms with Crippen molar-refractivity contribution in [1.82, 2.24) is 0 Å². The molecule has 1 rings (SSSR count). The van der Waals surface area contributed by atoms with Crippen molar-refractivity contribution in [2.24, 2.45) is 0 Å². The first-order chi connectivity index (χ1) is 7.49. The predicted molar refractivity (Wildman–Crippen MR) is 62.2 cm³/mol. The first kappa shape index (κ1) is 12.2. The minimum atomic E-state index is -0.976. The zero-order chi connectivity index (χ0) is 12.1. The molecule has 0 aromatic heterocycles. The van der Waals surface area contributed by atoms with Crippen LogP contribution < -0.4 is 0 Å². The molecule has 0 bridgehead atoms. The Labute approximate surface area is 94.4 Å². The van der Waals surface area contributed by atoms with E-state index in [0.717, 1.165) is 22.8 Å². The van der Waals surface area contributed by atoms with Gasteiger partial charge in [-0.2, -0.15) is 0 Å². The van der Waals surface area contributed by atoms with Gasteiger partial charge in [-0.3, -0.25) is 4.79 Å². The average Bonchev–Trinajstić information content (AvgIpc) is 2.18. The van der Waals surface area contributed by atoms with Gasteiger partial charge in [-0.05, 0) is 36.6 Å². The maximum absolute atomic E-state index is 11.0. The summed E-state index contributed by atoms with van der Waals surface area (Å²) in [4.78, 5) is 21.4. The summed E-state index contributed by atoms with van der Waals surface area (Å²) in [6, 6.07) is 5.62. The van der Waals surface area contributed by atoms with Gasteiger partial charge in [-0.25, -0.2) is 4.79 Å². The quantitative estimate of drug-likeness (QED) is 0.788. The van der Waals surface area contributed by atoms with Crippen molar-refractivity contribution in [2.45, 2.75) is 20.3 Å². The Morgan fingerprint density at radius 3 is 2.62 bits per heavy atom. The van der Waals surface area contributed by atoms with Crippen LogP contribution in [0.2, 0.25) is 0 Å². The lowest BCUT2D eigenvalue weighted by Crippen LogP contribution is -1.97. The summed E-state index contributed by atoms with van der Waals surface area (Å²) in [7, 11) is 0. The van der Waals surface area contributed by atoms with Crippen LogP contribution in [0, 0.1) is 6.92 Å². The third-order valence-electron chi connectivity index (χ3n) is 2.20. The predicted octanol–water partition coefficient (Wildman–Crippen LogP) is 2.22. The third-order valence-corrected chi connectivity index (χ3v) is 2.20. The summed E-state index contributed by atoms with van der Waals surface area (Å²) >= 11 is 0. The van der Waals surface area contributed by atoms with Crippen LogP contribution in [0.4, 0.5) is 0 Å². The number of Topliss-reactive ketones (excluding diaryl/α,β-unsaturated/α-hetero) is 1. The summed E-state index contributed by atoms with van der Waals surface area (Å²) in [6.45, 7) is 3.44. The van der Waals surface area contributed by atoms with Crippen LogP contribution in [-0.4, -0.2) is 16.9 Å². The van der Waals surface area contributed by atoms with Gasteiger partial charge >= 0.3 is 5.97 Å². The number of carboxylic acid groups (broad SMARTS) is 1. The van der Waals surface area contributed by atoms with Gasteiger partial charge in [0.1, 0.15) is 5.78 Å². The Kier molecular flexibility index (Phi) is 4.00. The first-order valence-electron chi connectivity index (χ1n) is 4.99. The normalized spacial score (nSPS) is 10.6. The van der Waals surface area contributed by atoms with Gasteiger partial charge in [0.05, 0.1) is 0 Å². The molecule has 3 nitrogen and oxygen atoms in total. The van der Waals surface area contributed by atoms with Crippen LogP contribution in [-0.2, 0) is 16.0 Å². The molecular formula is C13H14O3. The summed E-state index contributed by atoms with van der Waals surface area (Å²) in [5.74, 6) is -0.881. The summed E-state index contributed by atoms with van der Waals surface area (Å²) < 4.78 is 0. The molecule has 0 aliphatic rings. The summed E-state index contributed by atoms with van der Waals surface area (Å²) in [6.07, 6.45) is 3.02. The molecule has 1 aromatic rings. The lowest BCUT2D eigenvalue weighted by Gasteiger charge is -2.03. The Balaban J connectivity index is 2.99. The van der Waals surface area contributed by atoms with Crippen molar-refractivity contribution < 1.29 is 14.7 Å². The van der Waals surface area contributed by atoms with Crippen LogP contribution in [0.25, 0.3) is 6.08 Å². The largest absolute Gasteiger partial charge is 0.478 e. The molecule has 0 unspecified atom stereocenters. The van der Waals surface area contributed by atoms with Crippen LogP contribution in [0.3, 0.4) is 0 Å². The summed E-state index contributed by atoms with van der Waals surface area (Å²) in [5.41, 5.74) is 2.73. The molecule has 84 valence electrons. The van der Waals surface area contributed by atoms with E-state index in [2.05, 4.69) is 0 Å². The van der Waals surface area contributed by atoms with Gasteiger partial charge in [0, 0.05) is 12.5 Å². The molecule has 0 amide bonds. The number of ketones is 1. The average molecular weight is 218 g/mol. The number of carbonyl (C=O) groups excluding carboxylic acids is 1. The van der Waals surface area contributed by atoms with Crippen molar-refractivity contribution in [3.8, 4) is 0 Å². The standard InChI is InChI=1S/C13H14O3/c1-9-3-4-11(7-10(2)14)8-12(9)5-6-13(15)16/h3-6,8H,7H2,1-2H3,(H,15,16)/b6-5+. The molecule has 1 aromatic carbocycles. The number of hydrogen-bond acceptors (Lipinski definition) is 2. The highest BCUT2D eigenvalue weighted by Gasteiger charge is 2.01. The van der Waals surface area contributed by atoms with E-state index in [1.165, 1.54) is 6.92 Å². The second-order valence-electron chi connectivity index (χ2n) is 3.74. The highest BCUT2D eigenvalue weighted by Crippen LogP contribution is 2.13. The van der Waals surface area contributed by atoms with Crippen molar-refractivity contribution in [3.63, 3.8) is 0 Å². The van der Waals surface area contributed by atoms with E-state index in [4.69, 9.17) is 5.11 Å². The van der Waals surface area contributed by atoms with Gasteiger partial charge in [0.2, 0.25) is 0 Å². The number of hydrogen-bond donors (Lipinski definition) is 1. The highest BCUT2D eigenvalue weighted by atomic mass is 16.4. The van der Waals surface area contributed by atoms with Gasteiger partial charge in [0.15, 0.2) is 0 Å². The maximum Gasteiger partial charge on any atom is 0.328 e. The Morgan fingerprint density at radius 2 is 2.06 bits per heavy atom. The van der Waals surface area contributed by atoms with Crippen molar-refractivity contribution >= 4 is 17.8 Å². The number of carboxylic acids is 1. The SMILES string of the molecule is CC(=O)Cc1ccc(C)c(/C=C/C(=O)O)c1. The number of carbonyl (C=O) groups is 2. The van der Waals surface area contributed by atoms with Crippen molar-refractivity contribution in [2.75, 3.05) is 0 Å². The molecule has 3 heteroatoms. The smallest absolute Gasteiger partial charge is 0.328 e. The maximum atomic E-state index is 11.0. The highest BCUT2D eigenvalue weighted by molar-refractivity contribution is 5.85. The molecule has 0 radical (unpaired) electrons. The first-order valence-corrected chi connectivity index (χ1v) is 4.99. The molecule has 0 aliphatic heterocycles. The number of benzene rings is 1. The lowest BCUT2D eigenvalue weighted by atomic mass is 10.0. The van der Waals surface area contributed by atoms with Crippen LogP contribution >= 0.6 is 0 Å². The van der Waals surface area contributed by atoms with Crippen LogP contribution in [0.15, 0.2) is 24.3 Å². The van der Waals surface area contributed by atoms with E-state index >= 15 is 0 Å². The minimum absolute atomic E-state index is 0.0945. The molecule has 0 saturated carbocycles. The number of rotatable bonds is 4. The van der Waals surface area contributed by atoms with E-state index in [1.807, 2.05) is 25.1 Å². The third kappa shape index (κ3) is 3.69. The molecule has 0 fully saturated rings. The van der Waals surface area contributed by atoms with Gasteiger partial charge in [-0.15, -0.1) is 0 Å². The van der Waals surface area contributed by atoms with E-state index in [0.29, 0.717) is 6.42 Å². The fourth-order valence-electron chi connectivity index (χ4n) is 1.43. The molecule has 1 N–H and O–H groups in total. The molecule has 0 spiro atoms. The topological polar surface area (TPSA) is 54.4 Å². The summed E-state index contributed by atoms with van der Waals surface area (Å²) in [5, 5.41) is 8.54. The van der Waals surface area contributed by atoms with E-state index < -0.39 is 5.97 Å². The van der Waals surface area contributed by atoms with Crippen LogP contribution in [0.5, 0.6) is 0 Å². The fourth-order valence-corrected chi connectivity index (χ4v) is 1.43. The zero-order valence-electron chi connectivity index (χ0n) is 9.36. The molecule has 0 saturated heterocycles. The molecule has 0 aliphatic carbocycles. The Hall–Kier alpha value is -1.90. The number of aliphatic carboxylic acids is 1. The zero-order valence-corrected chi connectivity index (χ0v) is 9.36. The van der Waals surface area contributed by atoms with E-state index in [1.54, 1.807) is 6.08 Å². The second kappa shape index (κ2) is 5.26. The lowest BCUT2D eigenvalue weighted by molar-refractivity contribution is -0.131. The van der Waals surface area contributed by atoms with Crippen molar-refractivity contribution in [1.29, 1.82) is 0 Å².